The number of halogens is 4. The molecule has 0 spiro atoms. The summed E-state index contributed by atoms with van der Waals surface area (Å²) < 4.78 is 49.7. The van der Waals surface area contributed by atoms with Gasteiger partial charge in [0.05, 0.1) is 5.56 Å². The number of Topliss-reactive ketones (excluding diaryl/α,β-unsaturated/α-hetero) is 1. The van der Waals surface area contributed by atoms with E-state index in [0.717, 1.165) is 6.07 Å². The molecule has 15 heavy (non-hydrogen) atoms. The molecular formula is C10H8F4O. The van der Waals surface area contributed by atoms with Crippen LogP contribution in [0.15, 0.2) is 18.2 Å². The van der Waals surface area contributed by atoms with E-state index in [4.69, 9.17) is 0 Å². The fourth-order valence-corrected chi connectivity index (χ4v) is 1.15. The van der Waals surface area contributed by atoms with Gasteiger partial charge in [0.15, 0.2) is 0 Å². The van der Waals surface area contributed by atoms with Crippen molar-refractivity contribution in [2.45, 2.75) is 19.5 Å². The summed E-state index contributed by atoms with van der Waals surface area (Å²) in [4.78, 5) is 10.7. The van der Waals surface area contributed by atoms with E-state index in [2.05, 4.69) is 0 Å². The highest BCUT2D eigenvalue weighted by Gasteiger charge is 2.31. The van der Waals surface area contributed by atoms with Crippen LogP contribution in [0.5, 0.6) is 0 Å². The molecule has 1 rings (SSSR count). The van der Waals surface area contributed by atoms with Gasteiger partial charge in [0, 0.05) is 6.42 Å². The molecule has 0 aliphatic rings. The van der Waals surface area contributed by atoms with Gasteiger partial charge in [0.1, 0.15) is 11.6 Å². The highest BCUT2D eigenvalue weighted by molar-refractivity contribution is 5.78. The van der Waals surface area contributed by atoms with Gasteiger partial charge in [-0.2, -0.15) is 13.2 Å². The van der Waals surface area contributed by atoms with E-state index in [1.165, 1.54) is 6.92 Å². The standard InChI is InChI=1S/C10H8F4O/c1-6(15)4-7-5-8(10(12,13)14)2-3-9(7)11/h2-3,5H,4H2,1H3. The number of hydrogen-bond donors (Lipinski definition) is 0. The molecule has 82 valence electrons. The van der Waals surface area contributed by atoms with E-state index < -0.39 is 17.6 Å². The summed E-state index contributed by atoms with van der Waals surface area (Å²) in [6.45, 7) is 1.19. The highest BCUT2D eigenvalue weighted by Crippen LogP contribution is 2.30. The summed E-state index contributed by atoms with van der Waals surface area (Å²) in [5.74, 6) is -1.17. The van der Waals surface area contributed by atoms with Crippen LogP contribution >= 0.6 is 0 Å². The lowest BCUT2D eigenvalue weighted by atomic mass is 10.1. The second kappa shape index (κ2) is 4.00. The quantitative estimate of drug-likeness (QED) is 0.700. The van der Waals surface area contributed by atoms with Crippen molar-refractivity contribution in [3.63, 3.8) is 0 Å². The minimum absolute atomic E-state index is 0.225. The van der Waals surface area contributed by atoms with Crippen molar-refractivity contribution in [2.24, 2.45) is 0 Å². The Hall–Kier alpha value is -1.39. The molecule has 0 heterocycles. The van der Waals surface area contributed by atoms with Crippen molar-refractivity contribution in [3.05, 3.63) is 35.1 Å². The molecule has 0 radical (unpaired) electrons. The van der Waals surface area contributed by atoms with Gasteiger partial charge in [0.25, 0.3) is 0 Å². The fourth-order valence-electron chi connectivity index (χ4n) is 1.15. The van der Waals surface area contributed by atoms with Crippen molar-refractivity contribution in [2.75, 3.05) is 0 Å². The Morgan fingerprint density at radius 2 is 1.93 bits per heavy atom. The van der Waals surface area contributed by atoms with Gasteiger partial charge < -0.3 is 0 Å². The van der Waals surface area contributed by atoms with Gasteiger partial charge in [-0.1, -0.05) is 0 Å². The third-order valence-electron chi connectivity index (χ3n) is 1.81. The first kappa shape index (κ1) is 11.7. The molecule has 0 atom stereocenters. The van der Waals surface area contributed by atoms with Crippen molar-refractivity contribution in [1.82, 2.24) is 0 Å². The van der Waals surface area contributed by atoms with Crippen LogP contribution in [0.3, 0.4) is 0 Å². The Balaban J connectivity index is 3.11. The molecule has 0 aromatic heterocycles. The van der Waals surface area contributed by atoms with Crippen LogP contribution < -0.4 is 0 Å². The zero-order valence-electron chi connectivity index (χ0n) is 7.86. The first-order valence-corrected chi connectivity index (χ1v) is 4.16. The van der Waals surface area contributed by atoms with Gasteiger partial charge in [0.2, 0.25) is 0 Å². The smallest absolute Gasteiger partial charge is 0.300 e. The average molecular weight is 220 g/mol. The van der Waals surface area contributed by atoms with Crippen molar-refractivity contribution in [3.8, 4) is 0 Å². The Labute approximate surface area is 83.7 Å². The average Bonchev–Trinajstić information content (AvgIpc) is 2.06. The molecule has 0 aliphatic heterocycles. The predicted molar refractivity (Wildman–Crippen MR) is 45.8 cm³/mol. The molecule has 5 heteroatoms. The number of hydrogen-bond acceptors (Lipinski definition) is 1. The monoisotopic (exact) mass is 220 g/mol. The molecule has 1 nitrogen and oxygen atoms in total. The minimum Gasteiger partial charge on any atom is -0.300 e. The Morgan fingerprint density at radius 1 is 1.33 bits per heavy atom. The van der Waals surface area contributed by atoms with Gasteiger partial charge in [-0.25, -0.2) is 4.39 Å². The minimum atomic E-state index is -4.51. The molecule has 0 amide bonds. The van der Waals surface area contributed by atoms with Crippen LogP contribution in [0.2, 0.25) is 0 Å². The molecule has 1 aromatic rings. The summed E-state index contributed by atoms with van der Waals surface area (Å²) in [6, 6.07) is 2.04. The number of carbonyl (C=O) groups is 1. The number of alkyl halides is 3. The predicted octanol–water partition coefficient (Wildman–Crippen LogP) is 2.98. The molecule has 0 saturated carbocycles. The molecule has 0 saturated heterocycles. The van der Waals surface area contributed by atoms with E-state index in [-0.39, 0.29) is 17.8 Å². The lowest BCUT2D eigenvalue weighted by Gasteiger charge is -2.08. The lowest BCUT2D eigenvalue weighted by Crippen LogP contribution is -2.08. The molecule has 0 N–H and O–H groups in total. The van der Waals surface area contributed by atoms with E-state index in [1.54, 1.807) is 0 Å². The van der Waals surface area contributed by atoms with Gasteiger partial charge in [-0.3, -0.25) is 4.79 Å². The van der Waals surface area contributed by atoms with Crippen molar-refractivity contribution in [1.29, 1.82) is 0 Å². The summed E-state index contributed by atoms with van der Waals surface area (Å²) >= 11 is 0. The molecule has 0 unspecified atom stereocenters. The van der Waals surface area contributed by atoms with Crippen LogP contribution in [-0.4, -0.2) is 5.78 Å². The first-order chi connectivity index (χ1) is 6.80. The van der Waals surface area contributed by atoms with Gasteiger partial charge in [-0.15, -0.1) is 0 Å². The maximum Gasteiger partial charge on any atom is 0.416 e. The third-order valence-corrected chi connectivity index (χ3v) is 1.81. The number of carbonyl (C=O) groups excluding carboxylic acids is 1. The Kier molecular flexibility index (Phi) is 3.12. The summed E-state index contributed by atoms with van der Waals surface area (Å²) in [5, 5.41) is 0. The molecule has 0 bridgehead atoms. The molecule has 1 aromatic carbocycles. The SMILES string of the molecule is CC(=O)Cc1cc(C(F)(F)F)ccc1F. The van der Waals surface area contributed by atoms with Crippen LogP contribution in [0.4, 0.5) is 17.6 Å². The fraction of sp³-hybridized carbons (Fsp3) is 0.300. The number of ketones is 1. The molecule has 0 aliphatic carbocycles. The van der Waals surface area contributed by atoms with Crippen molar-refractivity contribution < 1.29 is 22.4 Å². The topological polar surface area (TPSA) is 17.1 Å². The van der Waals surface area contributed by atoms with E-state index >= 15 is 0 Å². The van der Waals surface area contributed by atoms with Crippen LogP contribution in [-0.2, 0) is 17.4 Å². The lowest BCUT2D eigenvalue weighted by molar-refractivity contribution is -0.137. The van der Waals surface area contributed by atoms with Crippen LogP contribution in [0, 0.1) is 5.82 Å². The molecular weight excluding hydrogens is 212 g/mol. The van der Waals surface area contributed by atoms with E-state index in [0.29, 0.717) is 12.1 Å². The molecule has 0 fully saturated rings. The Morgan fingerprint density at radius 3 is 2.40 bits per heavy atom. The Bertz CT molecular complexity index is 381. The van der Waals surface area contributed by atoms with Crippen LogP contribution in [0.25, 0.3) is 0 Å². The number of benzene rings is 1. The van der Waals surface area contributed by atoms with Gasteiger partial charge >= 0.3 is 6.18 Å². The summed E-state index contributed by atoms with van der Waals surface area (Å²) in [7, 11) is 0. The second-order valence-electron chi connectivity index (χ2n) is 3.18. The zero-order valence-corrected chi connectivity index (χ0v) is 7.86. The second-order valence-corrected chi connectivity index (χ2v) is 3.18. The normalized spacial score (nSPS) is 11.5. The highest BCUT2D eigenvalue weighted by atomic mass is 19.4. The van der Waals surface area contributed by atoms with E-state index in [1.807, 2.05) is 0 Å². The maximum atomic E-state index is 13.0. The van der Waals surface area contributed by atoms with Gasteiger partial charge in [-0.05, 0) is 30.7 Å². The first-order valence-electron chi connectivity index (χ1n) is 4.16. The number of rotatable bonds is 2. The summed E-state index contributed by atoms with van der Waals surface area (Å²) in [5.41, 5.74) is -1.17. The largest absolute Gasteiger partial charge is 0.416 e. The van der Waals surface area contributed by atoms with Crippen molar-refractivity contribution >= 4 is 5.78 Å². The third kappa shape index (κ3) is 3.04. The maximum absolute atomic E-state index is 13.0. The zero-order chi connectivity index (χ0) is 11.6. The summed E-state index contributed by atoms with van der Waals surface area (Å²) in [6.07, 6.45) is -4.84. The van der Waals surface area contributed by atoms with E-state index in [9.17, 15) is 22.4 Å². The van der Waals surface area contributed by atoms with Crippen LogP contribution in [0.1, 0.15) is 18.1 Å².